The van der Waals surface area contributed by atoms with E-state index < -0.39 is 0 Å². The third-order valence-electron chi connectivity index (χ3n) is 3.44. The second-order valence-corrected chi connectivity index (χ2v) is 4.57. The number of allylic oxidation sites excluding steroid dienone is 1. The van der Waals surface area contributed by atoms with Crippen LogP contribution in [0, 0.1) is 17.8 Å². The third-order valence-corrected chi connectivity index (χ3v) is 3.44. The predicted molar refractivity (Wildman–Crippen MR) is 53.0 cm³/mol. The molecule has 2 atom stereocenters. The zero-order valence-corrected chi connectivity index (χ0v) is 7.97. The zero-order valence-electron chi connectivity index (χ0n) is 7.97. The summed E-state index contributed by atoms with van der Waals surface area (Å²) >= 11 is 0. The molecule has 0 bridgehead atoms. The van der Waals surface area contributed by atoms with Gasteiger partial charge in [-0.1, -0.05) is 18.9 Å². The van der Waals surface area contributed by atoms with Gasteiger partial charge in [-0.25, -0.2) is 0 Å². The van der Waals surface area contributed by atoms with Crippen LogP contribution in [0.15, 0.2) is 12.7 Å². The van der Waals surface area contributed by atoms with E-state index in [2.05, 4.69) is 6.58 Å². The average Bonchev–Trinajstić information content (AvgIpc) is 2.87. The highest BCUT2D eigenvalue weighted by Gasteiger charge is 2.46. The lowest BCUT2D eigenvalue weighted by molar-refractivity contribution is 0.559. The molecule has 2 aliphatic carbocycles. The third kappa shape index (κ3) is 2.12. The molecule has 2 fully saturated rings. The summed E-state index contributed by atoms with van der Waals surface area (Å²) in [7, 11) is 0. The van der Waals surface area contributed by atoms with Gasteiger partial charge in [-0.05, 0) is 49.9 Å². The SMILES string of the molecule is C=CCCCCC1CC1C1CC1. The molecule has 2 rings (SSSR count). The quantitative estimate of drug-likeness (QED) is 0.414. The minimum Gasteiger partial charge on any atom is -0.103 e. The molecule has 0 aliphatic heterocycles. The van der Waals surface area contributed by atoms with E-state index in [0.29, 0.717) is 0 Å². The van der Waals surface area contributed by atoms with Crippen LogP contribution in [0.4, 0.5) is 0 Å². The average molecular weight is 164 g/mol. The summed E-state index contributed by atoms with van der Waals surface area (Å²) in [6.07, 6.45) is 12.3. The maximum absolute atomic E-state index is 3.75. The van der Waals surface area contributed by atoms with Crippen molar-refractivity contribution in [3.8, 4) is 0 Å². The first kappa shape index (κ1) is 8.34. The van der Waals surface area contributed by atoms with Crippen molar-refractivity contribution in [2.24, 2.45) is 17.8 Å². The lowest BCUT2D eigenvalue weighted by Gasteiger charge is -1.97. The van der Waals surface area contributed by atoms with Crippen LogP contribution < -0.4 is 0 Å². The Hall–Kier alpha value is -0.260. The van der Waals surface area contributed by atoms with Crippen molar-refractivity contribution in [1.82, 2.24) is 0 Å². The van der Waals surface area contributed by atoms with Gasteiger partial charge in [-0.3, -0.25) is 0 Å². The molecule has 12 heavy (non-hydrogen) atoms. The molecule has 0 aromatic heterocycles. The van der Waals surface area contributed by atoms with Gasteiger partial charge in [0.25, 0.3) is 0 Å². The molecule has 2 aliphatic rings. The van der Waals surface area contributed by atoms with E-state index in [1.807, 2.05) is 6.08 Å². The van der Waals surface area contributed by atoms with Crippen molar-refractivity contribution in [1.29, 1.82) is 0 Å². The van der Waals surface area contributed by atoms with Crippen LogP contribution in [0.2, 0.25) is 0 Å². The molecule has 0 saturated heterocycles. The maximum atomic E-state index is 3.75. The summed E-state index contributed by atoms with van der Waals surface area (Å²) in [5.74, 6) is 3.49. The van der Waals surface area contributed by atoms with Gasteiger partial charge in [0.2, 0.25) is 0 Å². The zero-order chi connectivity index (χ0) is 8.39. The van der Waals surface area contributed by atoms with Crippen LogP contribution in [0.25, 0.3) is 0 Å². The predicted octanol–water partition coefficient (Wildman–Crippen LogP) is 3.78. The van der Waals surface area contributed by atoms with Gasteiger partial charge in [0.05, 0.1) is 0 Å². The van der Waals surface area contributed by atoms with Crippen LogP contribution in [0.5, 0.6) is 0 Å². The minimum absolute atomic E-state index is 1.14. The van der Waals surface area contributed by atoms with Gasteiger partial charge in [0, 0.05) is 0 Å². The highest BCUT2D eigenvalue weighted by atomic mass is 14.5. The molecule has 0 amide bonds. The lowest BCUT2D eigenvalue weighted by atomic mass is 10.1. The largest absolute Gasteiger partial charge is 0.103 e. The van der Waals surface area contributed by atoms with Crippen molar-refractivity contribution in [3.05, 3.63) is 12.7 Å². The first-order valence-corrected chi connectivity index (χ1v) is 5.52. The molecule has 0 radical (unpaired) electrons. The number of unbranched alkanes of at least 4 members (excludes halogenated alkanes) is 2. The van der Waals surface area contributed by atoms with Gasteiger partial charge >= 0.3 is 0 Å². The fraction of sp³-hybridized carbons (Fsp3) is 0.833. The molecule has 0 aromatic carbocycles. The molecule has 0 aromatic rings. The minimum atomic E-state index is 1.14. The number of hydrogen-bond acceptors (Lipinski definition) is 0. The van der Waals surface area contributed by atoms with Crippen molar-refractivity contribution in [3.63, 3.8) is 0 Å². The summed E-state index contributed by atoms with van der Waals surface area (Å²) in [6, 6.07) is 0. The summed E-state index contributed by atoms with van der Waals surface area (Å²) in [4.78, 5) is 0. The van der Waals surface area contributed by atoms with Gasteiger partial charge in [-0.2, -0.15) is 0 Å². The Balaban J connectivity index is 1.49. The van der Waals surface area contributed by atoms with Gasteiger partial charge in [-0.15, -0.1) is 6.58 Å². The van der Waals surface area contributed by atoms with Crippen LogP contribution in [0.1, 0.15) is 44.9 Å². The van der Waals surface area contributed by atoms with Gasteiger partial charge in [0.1, 0.15) is 0 Å². The van der Waals surface area contributed by atoms with E-state index in [-0.39, 0.29) is 0 Å². The molecule has 2 unspecified atom stereocenters. The molecule has 2 saturated carbocycles. The van der Waals surface area contributed by atoms with Crippen molar-refractivity contribution < 1.29 is 0 Å². The molecule has 0 heterocycles. The Bertz CT molecular complexity index is 155. The highest BCUT2D eigenvalue weighted by molar-refractivity contribution is 4.96. The molecule has 68 valence electrons. The summed E-state index contributed by atoms with van der Waals surface area (Å²) in [5, 5.41) is 0. The monoisotopic (exact) mass is 164 g/mol. The van der Waals surface area contributed by atoms with E-state index in [4.69, 9.17) is 0 Å². The lowest BCUT2D eigenvalue weighted by Crippen LogP contribution is -1.85. The molecular formula is C12H20. The summed E-state index contributed by atoms with van der Waals surface area (Å²) in [6.45, 7) is 3.75. The normalized spacial score (nSPS) is 33.3. The first-order chi connectivity index (χ1) is 5.92. The topological polar surface area (TPSA) is 0 Å². The molecule has 0 spiro atoms. The van der Waals surface area contributed by atoms with Crippen molar-refractivity contribution in [2.45, 2.75) is 44.9 Å². The van der Waals surface area contributed by atoms with E-state index in [1.165, 1.54) is 37.5 Å². The van der Waals surface area contributed by atoms with E-state index in [1.54, 1.807) is 19.3 Å². The molecule has 0 N–H and O–H groups in total. The fourth-order valence-corrected chi connectivity index (χ4v) is 2.40. The van der Waals surface area contributed by atoms with Crippen LogP contribution in [-0.4, -0.2) is 0 Å². The van der Waals surface area contributed by atoms with Crippen LogP contribution in [0.3, 0.4) is 0 Å². The Labute approximate surface area is 76.1 Å². The smallest absolute Gasteiger partial charge is 0.0353 e. The first-order valence-electron chi connectivity index (χ1n) is 5.52. The van der Waals surface area contributed by atoms with Gasteiger partial charge in [0.15, 0.2) is 0 Å². The van der Waals surface area contributed by atoms with Gasteiger partial charge < -0.3 is 0 Å². The van der Waals surface area contributed by atoms with Crippen molar-refractivity contribution in [2.75, 3.05) is 0 Å². The second kappa shape index (κ2) is 3.64. The summed E-state index contributed by atoms with van der Waals surface area (Å²) in [5.41, 5.74) is 0. The van der Waals surface area contributed by atoms with Crippen LogP contribution >= 0.6 is 0 Å². The van der Waals surface area contributed by atoms with E-state index in [0.717, 1.165) is 5.92 Å². The number of hydrogen-bond donors (Lipinski definition) is 0. The van der Waals surface area contributed by atoms with Crippen LogP contribution in [-0.2, 0) is 0 Å². The Morgan fingerprint density at radius 2 is 2.08 bits per heavy atom. The molecular weight excluding hydrogens is 144 g/mol. The summed E-state index contributed by atoms with van der Waals surface area (Å²) < 4.78 is 0. The van der Waals surface area contributed by atoms with E-state index in [9.17, 15) is 0 Å². The molecule has 0 nitrogen and oxygen atoms in total. The Morgan fingerprint density at radius 1 is 1.25 bits per heavy atom. The standard InChI is InChI=1S/C12H20/c1-2-3-4-5-6-11-9-12(11)10-7-8-10/h2,10-12H,1,3-9H2. The molecule has 0 heteroatoms. The maximum Gasteiger partial charge on any atom is -0.0353 e. The highest BCUT2D eigenvalue weighted by Crippen LogP contribution is 2.56. The Morgan fingerprint density at radius 3 is 2.75 bits per heavy atom. The Kier molecular flexibility index (Phi) is 2.53. The second-order valence-electron chi connectivity index (χ2n) is 4.57. The van der Waals surface area contributed by atoms with E-state index >= 15 is 0 Å². The van der Waals surface area contributed by atoms with Crippen molar-refractivity contribution >= 4 is 0 Å². The fourth-order valence-electron chi connectivity index (χ4n) is 2.40. The number of rotatable bonds is 6.